The summed E-state index contributed by atoms with van der Waals surface area (Å²) in [5, 5.41) is 5.95. The van der Waals surface area contributed by atoms with E-state index in [0.29, 0.717) is 0 Å². The Balaban J connectivity index is 1.94. The van der Waals surface area contributed by atoms with Crippen LogP contribution in [0.4, 0.5) is 26.1 Å². The summed E-state index contributed by atoms with van der Waals surface area (Å²) in [5.74, 6) is -2.21. The minimum atomic E-state index is -0.868. The molecule has 1 saturated carbocycles. The second kappa shape index (κ2) is 8.06. The molecule has 2 aromatic rings. The van der Waals surface area contributed by atoms with Gasteiger partial charge in [-0.15, -0.1) is 0 Å². The first-order valence-electron chi connectivity index (χ1n) is 8.59. The first-order chi connectivity index (χ1) is 12.8. The molecule has 6 nitrogen and oxygen atoms in total. The maximum Gasteiger partial charge on any atom is 0.252 e. The van der Waals surface area contributed by atoms with Crippen molar-refractivity contribution in [3.8, 4) is 0 Å². The van der Waals surface area contributed by atoms with Gasteiger partial charge in [0.15, 0.2) is 11.6 Å². The Morgan fingerprint density at radius 3 is 2.56 bits per heavy atom. The van der Waals surface area contributed by atoms with E-state index in [0.717, 1.165) is 37.8 Å². The Bertz CT molecular complexity index is 844. The maximum absolute atomic E-state index is 14.5. The lowest BCUT2D eigenvalue weighted by Gasteiger charge is -2.30. The predicted molar refractivity (Wildman–Crippen MR) is 101 cm³/mol. The van der Waals surface area contributed by atoms with Crippen LogP contribution in [0, 0.1) is 11.6 Å². The highest BCUT2D eigenvalue weighted by Crippen LogP contribution is 2.28. The number of hydrogen-bond donors (Lipinski definition) is 4. The largest absolute Gasteiger partial charge is 0.365 e. The van der Waals surface area contributed by atoms with Crippen LogP contribution in [0.1, 0.15) is 36.0 Å². The lowest BCUT2D eigenvalue weighted by atomic mass is 9.91. The van der Waals surface area contributed by atoms with Crippen molar-refractivity contribution in [2.24, 2.45) is 11.5 Å². The van der Waals surface area contributed by atoms with E-state index in [4.69, 9.17) is 23.1 Å². The molecule has 0 bridgehead atoms. The Morgan fingerprint density at radius 1 is 1.15 bits per heavy atom. The van der Waals surface area contributed by atoms with Crippen molar-refractivity contribution in [2.45, 2.75) is 37.8 Å². The molecule has 9 heteroatoms. The number of carbonyl (C=O) groups excluding carboxylic acids is 1. The molecule has 27 heavy (non-hydrogen) atoms. The highest BCUT2D eigenvalue weighted by molar-refractivity contribution is 6.30. The van der Waals surface area contributed by atoms with E-state index in [-0.39, 0.29) is 40.0 Å². The fourth-order valence-electron chi connectivity index (χ4n) is 3.15. The number of hydrogen-bond acceptors (Lipinski definition) is 5. The minimum Gasteiger partial charge on any atom is -0.365 e. The average molecular weight is 396 g/mol. The van der Waals surface area contributed by atoms with E-state index in [1.54, 1.807) is 0 Å². The number of benzene rings is 1. The molecule has 1 aromatic carbocycles. The summed E-state index contributed by atoms with van der Waals surface area (Å²) in [7, 11) is 0. The van der Waals surface area contributed by atoms with Crippen LogP contribution in [-0.4, -0.2) is 23.0 Å². The zero-order valence-corrected chi connectivity index (χ0v) is 15.2. The van der Waals surface area contributed by atoms with Crippen LogP contribution in [-0.2, 0) is 0 Å². The van der Waals surface area contributed by atoms with Gasteiger partial charge in [0.05, 0.1) is 5.56 Å². The van der Waals surface area contributed by atoms with Gasteiger partial charge in [0.2, 0.25) is 0 Å². The first kappa shape index (κ1) is 19.3. The van der Waals surface area contributed by atoms with Crippen LogP contribution in [0.25, 0.3) is 0 Å². The summed E-state index contributed by atoms with van der Waals surface area (Å²) >= 11 is 5.84. The number of primary amides is 1. The molecule has 1 heterocycles. The van der Waals surface area contributed by atoms with Gasteiger partial charge in [-0.25, -0.2) is 13.8 Å². The van der Waals surface area contributed by atoms with Crippen molar-refractivity contribution < 1.29 is 13.6 Å². The maximum atomic E-state index is 14.5. The number of anilines is 3. The number of nitrogens with one attached hydrogen (secondary N) is 2. The van der Waals surface area contributed by atoms with Crippen molar-refractivity contribution in [1.29, 1.82) is 0 Å². The molecular weight excluding hydrogens is 376 g/mol. The van der Waals surface area contributed by atoms with E-state index in [2.05, 4.69) is 15.6 Å². The zero-order chi connectivity index (χ0) is 19.6. The van der Waals surface area contributed by atoms with Crippen LogP contribution in [0.3, 0.4) is 0 Å². The molecule has 1 aliphatic carbocycles. The third-order valence-electron chi connectivity index (χ3n) is 4.51. The molecule has 1 amide bonds. The second-order valence-corrected chi connectivity index (χ2v) is 7.00. The fraction of sp³-hybridized carbons (Fsp3) is 0.333. The van der Waals surface area contributed by atoms with Crippen LogP contribution >= 0.6 is 11.6 Å². The Morgan fingerprint density at radius 2 is 1.89 bits per heavy atom. The number of nitrogens with two attached hydrogens (primary N) is 2. The molecule has 1 fully saturated rings. The van der Waals surface area contributed by atoms with Crippen molar-refractivity contribution in [3.63, 3.8) is 0 Å². The highest BCUT2D eigenvalue weighted by Gasteiger charge is 2.24. The topological polar surface area (TPSA) is 106 Å². The molecule has 1 unspecified atom stereocenters. The van der Waals surface area contributed by atoms with Crippen molar-refractivity contribution in [3.05, 3.63) is 46.5 Å². The number of amides is 1. The molecule has 0 spiro atoms. The van der Waals surface area contributed by atoms with E-state index >= 15 is 0 Å². The summed E-state index contributed by atoms with van der Waals surface area (Å²) in [6.45, 7) is 0. The molecule has 0 radical (unpaired) electrons. The van der Waals surface area contributed by atoms with Gasteiger partial charge in [-0.2, -0.15) is 0 Å². The van der Waals surface area contributed by atoms with E-state index < -0.39 is 17.5 Å². The van der Waals surface area contributed by atoms with E-state index in [1.807, 2.05) is 0 Å². The Labute approximate surface area is 160 Å². The number of nitrogens with zero attached hydrogens (tertiary/aromatic N) is 1. The minimum absolute atomic E-state index is 0.00236. The van der Waals surface area contributed by atoms with Crippen LogP contribution < -0.4 is 22.1 Å². The lowest BCUT2D eigenvalue weighted by molar-refractivity contribution is 0.100. The summed E-state index contributed by atoms with van der Waals surface area (Å²) in [5.41, 5.74) is 11.5. The van der Waals surface area contributed by atoms with Gasteiger partial charge in [-0.05, 0) is 37.1 Å². The summed E-state index contributed by atoms with van der Waals surface area (Å²) < 4.78 is 28.0. The second-order valence-electron chi connectivity index (χ2n) is 6.56. The number of carbonyl (C=O) groups is 1. The van der Waals surface area contributed by atoms with Crippen molar-refractivity contribution in [2.75, 3.05) is 10.6 Å². The molecule has 3 rings (SSSR count). The number of rotatable bonds is 5. The molecular formula is C18H20ClF2N5O. The summed E-state index contributed by atoms with van der Waals surface area (Å²) in [4.78, 5) is 15.8. The molecule has 1 aromatic heterocycles. The highest BCUT2D eigenvalue weighted by atomic mass is 35.5. The van der Waals surface area contributed by atoms with Gasteiger partial charge in [0.1, 0.15) is 11.6 Å². The standard InChI is InChI=1S/C18H20ClF2N5O/c19-9-5-10(20)7-11(6-9)24-17-12(16(23)27)8-13(21)18(26-17)25-15-4-2-1-3-14(15)22/h5-8,14-15H,1-4,22H2,(H2,23,27)(H2,24,25,26)/t14?,15-/m1/s1. The van der Waals surface area contributed by atoms with Gasteiger partial charge in [0.25, 0.3) is 5.91 Å². The van der Waals surface area contributed by atoms with Gasteiger partial charge in [0, 0.05) is 22.8 Å². The van der Waals surface area contributed by atoms with Crippen LogP contribution in [0.5, 0.6) is 0 Å². The average Bonchev–Trinajstić information content (AvgIpc) is 2.58. The number of aromatic nitrogens is 1. The van der Waals surface area contributed by atoms with Gasteiger partial charge in [-0.1, -0.05) is 24.4 Å². The smallest absolute Gasteiger partial charge is 0.252 e. The molecule has 0 aliphatic heterocycles. The van der Waals surface area contributed by atoms with Crippen molar-refractivity contribution in [1.82, 2.24) is 4.98 Å². The predicted octanol–water partition coefficient (Wildman–Crippen LogP) is 3.54. The van der Waals surface area contributed by atoms with Gasteiger partial charge < -0.3 is 22.1 Å². The third kappa shape index (κ3) is 4.64. The normalized spacial score (nSPS) is 19.6. The number of halogens is 3. The zero-order valence-electron chi connectivity index (χ0n) is 14.4. The summed E-state index contributed by atoms with van der Waals surface area (Å²) in [6.07, 6.45) is 3.65. The van der Waals surface area contributed by atoms with Gasteiger partial charge in [-0.3, -0.25) is 4.79 Å². The van der Waals surface area contributed by atoms with Crippen LogP contribution in [0.2, 0.25) is 5.02 Å². The van der Waals surface area contributed by atoms with Gasteiger partial charge >= 0.3 is 0 Å². The fourth-order valence-corrected chi connectivity index (χ4v) is 3.37. The van der Waals surface area contributed by atoms with E-state index in [1.165, 1.54) is 12.1 Å². The molecule has 0 saturated heterocycles. The SMILES string of the molecule is NC(=O)c1cc(F)c(N[C@@H]2CCCCC2N)nc1Nc1cc(F)cc(Cl)c1. The Kier molecular flexibility index (Phi) is 5.76. The van der Waals surface area contributed by atoms with E-state index in [9.17, 15) is 13.6 Å². The monoisotopic (exact) mass is 395 g/mol. The molecule has 6 N–H and O–H groups in total. The molecule has 2 atom stereocenters. The number of pyridine rings is 1. The lowest BCUT2D eigenvalue weighted by Crippen LogP contribution is -2.43. The quantitative estimate of drug-likeness (QED) is 0.619. The van der Waals surface area contributed by atoms with Crippen molar-refractivity contribution >= 4 is 34.8 Å². The Hall–Kier alpha value is -2.45. The first-order valence-corrected chi connectivity index (χ1v) is 8.97. The molecule has 144 valence electrons. The summed E-state index contributed by atoms with van der Waals surface area (Å²) in [6, 6.07) is 4.51. The molecule has 1 aliphatic rings. The third-order valence-corrected chi connectivity index (χ3v) is 4.73. The van der Waals surface area contributed by atoms with Crippen LogP contribution in [0.15, 0.2) is 24.3 Å².